The van der Waals surface area contributed by atoms with Crippen LogP contribution in [0.25, 0.3) is 111 Å². The zero-order valence-electron chi connectivity index (χ0n) is 30.1. The lowest BCUT2D eigenvalue weighted by Gasteiger charge is -2.10. The average Bonchev–Trinajstić information content (AvgIpc) is 3.86. The Morgan fingerprint density at radius 2 is 0.786 bits per heavy atom. The molecule has 5 heteroatoms. The molecule has 0 fully saturated rings. The van der Waals surface area contributed by atoms with E-state index in [0.29, 0.717) is 17.5 Å². The second-order valence-corrected chi connectivity index (χ2v) is 13.9. The van der Waals surface area contributed by atoms with E-state index in [-0.39, 0.29) is 0 Å². The number of aromatic nitrogens is 3. The molecular weight excluding hydrogens is 687 g/mol. The van der Waals surface area contributed by atoms with Crippen LogP contribution < -0.4 is 0 Å². The molecule has 0 saturated carbocycles. The smallest absolute Gasteiger partial charge is 0.167 e. The molecule has 8 aromatic carbocycles. The fourth-order valence-electron chi connectivity index (χ4n) is 7.86. The lowest BCUT2D eigenvalue weighted by Crippen LogP contribution is -2.00. The normalized spacial score (nSPS) is 11.6. The molecular formula is C51H31N3O2. The van der Waals surface area contributed by atoms with Crippen LogP contribution in [-0.2, 0) is 0 Å². The highest BCUT2D eigenvalue weighted by Gasteiger charge is 2.21. The predicted octanol–water partition coefficient (Wildman–Crippen LogP) is 13.7. The molecule has 56 heavy (non-hydrogen) atoms. The molecule has 0 aliphatic heterocycles. The highest BCUT2D eigenvalue weighted by atomic mass is 16.3. The van der Waals surface area contributed by atoms with Gasteiger partial charge in [0.1, 0.15) is 22.3 Å². The first-order chi connectivity index (χ1) is 27.7. The summed E-state index contributed by atoms with van der Waals surface area (Å²) >= 11 is 0. The van der Waals surface area contributed by atoms with Gasteiger partial charge in [-0.15, -0.1) is 0 Å². The summed E-state index contributed by atoms with van der Waals surface area (Å²) in [5.74, 6) is 1.74. The molecule has 0 amide bonds. The minimum atomic E-state index is 0.546. The van der Waals surface area contributed by atoms with Gasteiger partial charge in [0, 0.05) is 38.2 Å². The third-order valence-electron chi connectivity index (χ3n) is 10.6. The van der Waals surface area contributed by atoms with Crippen LogP contribution in [0.4, 0.5) is 0 Å². The number of para-hydroxylation sites is 2. The van der Waals surface area contributed by atoms with Crippen LogP contribution in [0, 0.1) is 0 Å². The van der Waals surface area contributed by atoms with Crippen LogP contribution in [0.1, 0.15) is 0 Å². The number of benzene rings is 8. The summed E-state index contributed by atoms with van der Waals surface area (Å²) in [4.78, 5) is 15.2. The van der Waals surface area contributed by atoms with Crippen molar-refractivity contribution >= 4 is 43.9 Å². The second-order valence-electron chi connectivity index (χ2n) is 13.9. The number of rotatable bonds is 6. The fourth-order valence-corrected chi connectivity index (χ4v) is 7.86. The fraction of sp³-hybridized carbons (Fsp3) is 0. The molecule has 262 valence electrons. The van der Waals surface area contributed by atoms with Gasteiger partial charge in [0.25, 0.3) is 0 Å². The van der Waals surface area contributed by atoms with Crippen LogP contribution in [-0.4, -0.2) is 15.0 Å². The highest BCUT2D eigenvalue weighted by molar-refractivity contribution is 6.17. The summed E-state index contributed by atoms with van der Waals surface area (Å²) in [7, 11) is 0. The molecule has 0 atom stereocenters. The summed E-state index contributed by atoms with van der Waals surface area (Å²) in [5, 5.41) is 4.18. The van der Waals surface area contributed by atoms with Gasteiger partial charge in [-0.2, -0.15) is 0 Å². The number of hydrogen-bond acceptors (Lipinski definition) is 5. The van der Waals surface area contributed by atoms with Gasteiger partial charge in [-0.1, -0.05) is 158 Å². The van der Waals surface area contributed by atoms with E-state index in [9.17, 15) is 0 Å². The van der Waals surface area contributed by atoms with E-state index >= 15 is 0 Å². The molecule has 3 aromatic heterocycles. The molecule has 0 spiro atoms. The minimum absolute atomic E-state index is 0.546. The molecule has 0 aliphatic carbocycles. The molecule has 11 aromatic rings. The van der Waals surface area contributed by atoms with Crippen molar-refractivity contribution in [3.05, 3.63) is 188 Å². The van der Waals surface area contributed by atoms with E-state index < -0.39 is 0 Å². The van der Waals surface area contributed by atoms with Crippen molar-refractivity contribution in [3.63, 3.8) is 0 Å². The largest absolute Gasteiger partial charge is 0.455 e. The van der Waals surface area contributed by atoms with E-state index in [0.717, 1.165) is 93.9 Å². The zero-order valence-corrected chi connectivity index (χ0v) is 30.1. The second kappa shape index (κ2) is 13.0. The van der Waals surface area contributed by atoms with Crippen LogP contribution in [0.15, 0.2) is 197 Å². The van der Waals surface area contributed by atoms with Crippen LogP contribution in [0.2, 0.25) is 0 Å². The van der Waals surface area contributed by atoms with E-state index in [1.165, 1.54) is 0 Å². The van der Waals surface area contributed by atoms with Crippen molar-refractivity contribution < 1.29 is 8.83 Å². The predicted molar refractivity (Wildman–Crippen MR) is 227 cm³/mol. The summed E-state index contributed by atoms with van der Waals surface area (Å²) in [6, 6.07) is 64.5. The van der Waals surface area contributed by atoms with Crippen molar-refractivity contribution in [1.29, 1.82) is 0 Å². The Labute approximate surface area is 322 Å². The van der Waals surface area contributed by atoms with Crippen molar-refractivity contribution in [2.24, 2.45) is 0 Å². The van der Waals surface area contributed by atoms with Gasteiger partial charge < -0.3 is 8.83 Å². The van der Waals surface area contributed by atoms with E-state index in [1.54, 1.807) is 0 Å². The lowest BCUT2D eigenvalue weighted by molar-refractivity contribution is 0.669. The quantitative estimate of drug-likeness (QED) is 0.171. The molecule has 0 saturated heterocycles. The topological polar surface area (TPSA) is 65.0 Å². The van der Waals surface area contributed by atoms with Crippen LogP contribution in [0.5, 0.6) is 0 Å². The summed E-state index contributed by atoms with van der Waals surface area (Å²) in [5.41, 5.74) is 12.5. The molecule has 0 N–H and O–H groups in total. The number of fused-ring (bicyclic) bond motifs is 6. The SMILES string of the molecule is c1ccc(-c2ccc(-c3nc(-c4ccccc4)nc(-c4cccc5c4oc4cccc(-c6cc(-c7ccccc7)c7oc8ccccc8c7c6)c45)n3)cc2)cc1. The Morgan fingerprint density at radius 3 is 1.54 bits per heavy atom. The molecule has 0 unspecified atom stereocenters. The summed E-state index contributed by atoms with van der Waals surface area (Å²) in [6.07, 6.45) is 0. The van der Waals surface area contributed by atoms with Crippen molar-refractivity contribution in [1.82, 2.24) is 15.0 Å². The highest BCUT2D eigenvalue weighted by Crippen LogP contribution is 2.44. The third kappa shape index (κ3) is 5.37. The first-order valence-electron chi connectivity index (χ1n) is 18.7. The van der Waals surface area contributed by atoms with Gasteiger partial charge in [-0.25, -0.2) is 15.0 Å². The van der Waals surface area contributed by atoms with Gasteiger partial charge in [-0.3, -0.25) is 0 Å². The summed E-state index contributed by atoms with van der Waals surface area (Å²) in [6.45, 7) is 0. The van der Waals surface area contributed by atoms with Gasteiger partial charge in [0.2, 0.25) is 0 Å². The van der Waals surface area contributed by atoms with Gasteiger partial charge in [0.05, 0.1) is 5.56 Å². The maximum atomic E-state index is 6.79. The molecule has 0 radical (unpaired) electrons. The minimum Gasteiger partial charge on any atom is -0.455 e. The maximum absolute atomic E-state index is 6.79. The third-order valence-corrected chi connectivity index (χ3v) is 10.6. The molecule has 0 aliphatic rings. The van der Waals surface area contributed by atoms with Crippen LogP contribution in [0.3, 0.4) is 0 Å². The van der Waals surface area contributed by atoms with Gasteiger partial charge in [0.15, 0.2) is 17.5 Å². The molecule has 11 rings (SSSR count). The van der Waals surface area contributed by atoms with E-state index in [2.05, 4.69) is 121 Å². The van der Waals surface area contributed by atoms with Gasteiger partial charge in [-0.05, 0) is 58.1 Å². The summed E-state index contributed by atoms with van der Waals surface area (Å²) < 4.78 is 13.3. The van der Waals surface area contributed by atoms with Crippen molar-refractivity contribution in [2.45, 2.75) is 0 Å². The zero-order chi connectivity index (χ0) is 37.0. The number of nitrogens with zero attached hydrogens (tertiary/aromatic N) is 3. The maximum Gasteiger partial charge on any atom is 0.167 e. The van der Waals surface area contributed by atoms with Gasteiger partial charge >= 0.3 is 0 Å². The van der Waals surface area contributed by atoms with Crippen LogP contribution >= 0.6 is 0 Å². The monoisotopic (exact) mass is 717 g/mol. The van der Waals surface area contributed by atoms with Crippen molar-refractivity contribution in [3.8, 4) is 67.5 Å². The molecule has 5 nitrogen and oxygen atoms in total. The van der Waals surface area contributed by atoms with E-state index in [1.807, 2.05) is 66.7 Å². The number of furan rings is 2. The first kappa shape index (κ1) is 31.9. The molecule has 3 heterocycles. The average molecular weight is 718 g/mol. The Morgan fingerprint density at radius 1 is 0.286 bits per heavy atom. The Hall–Kier alpha value is -7.63. The van der Waals surface area contributed by atoms with Crippen molar-refractivity contribution in [2.75, 3.05) is 0 Å². The molecule has 0 bridgehead atoms. The Balaban J connectivity index is 1.10. The standard InChI is InChI=1S/C51H31N3O2/c1-4-14-32(15-5-1)33-26-28-36(29-27-33)50-52-49(35-18-8-3-9-19-35)53-51(54-50)41-23-12-22-40-46-38(21-13-25-45(46)56-47(40)41)37-30-42(34-16-6-2-7-17-34)48-43(31-37)39-20-10-11-24-44(39)55-48/h1-31H. The first-order valence-corrected chi connectivity index (χ1v) is 18.7. The van der Waals surface area contributed by atoms with E-state index in [4.69, 9.17) is 23.8 Å². The Kier molecular flexibility index (Phi) is 7.42. The number of hydrogen-bond donors (Lipinski definition) is 0. The lowest BCUT2D eigenvalue weighted by atomic mass is 9.93. The Bertz CT molecular complexity index is 3220.